The lowest BCUT2D eigenvalue weighted by Crippen LogP contribution is -2.03. The average molecular weight is 210 g/mol. The Morgan fingerprint density at radius 3 is 1.73 bits per heavy atom. The van der Waals surface area contributed by atoms with Crippen LogP contribution in [0.15, 0.2) is 18.2 Å². The van der Waals surface area contributed by atoms with Crippen LogP contribution in [-0.2, 0) is 0 Å². The van der Waals surface area contributed by atoms with Crippen molar-refractivity contribution < 1.29 is 20.1 Å². The van der Waals surface area contributed by atoms with Gasteiger partial charge < -0.3 is 15.3 Å². The standard InChI is InChI=1S/C11H14O4/c1-6(12)8-3-9(7(2)13)5-10(4-8)11(14)15/h3-7,12-13H,1-2H3,(H,14,15). The van der Waals surface area contributed by atoms with Crippen LogP contribution in [0.4, 0.5) is 0 Å². The van der Waals surface area contributed by atoms with Crippen LogP contribution in [-0.4, -0.2) is 21.3 Å². The second-order valence-corrected chi connectivity index (χ2v) is 3.55. The van der Waals surface area contributed by atoms with Crippen molar-refractivity contribution in [1.82, 2.24) is 0 Å². The van der Waals surface area contributed by atoms with Gasteiger partial charge in [0.2, 0.25) is 0 Å². The highest BCUT2D eigenvalue weighted by Gasteiger charge is 2.12. The molecule has 1 rings (SSSR count). The van der Waals surface area contributed by atoms with E-state index in [0.717, 1.165) is 0 Å². The molecular formula is C11H14O4. The molecule has 82 valence electrons. The molecule has 0 amide bonds. The summed E-state index contributed by atoms with van der Waals surface area (Å²) in [6.45, 7) is 3.10. The molecule has 0 saturated heterocycles. The highest BCUT2D eigenvalue weighted by atomic mass is 16.4. The Hall–Kier alpha value is -1.39. The Balaban J connectivity index is 3.26. The van der Waals surface area contributed by atoms with Crippen molar-refractivity contribution >= 4 is 5.97 Å². The van der Waals surface area contributed by atoms with Gasteiger partial charge in [-0.1, -0.05) is 6.07 Å². The number of carbonyl (C=O) groups is 1. The molecule has 4 heteroatoms. The van der Waals surface area contributed by atoms with Crippen molar-refractivity contribution in [1.29, 1.82) is 0 Å². The molecule has 0 radical (unpaired) electrons. The van der Waals surface area contributed by atoms with E-state index in [-0.39, 0.29) is 5.56 Å². The van der Waals surface area contributed by atoms with E-state index in [4.69, 9.17) is 5.11 Å². The van der Waals surface area contributed by atoms with Gasteiger partial charge in [0.15, 0.2) is 0 Å². The second-order valence-electron chi connectivity index (χ2n) is 3.55. The van der Waals surface area contributed by atoms with Crippen LogP contribution in [0.1, 0.15) is 47.5 Å². The van der Waals surface area contributed by atoms with E-state index in [9.17, 15) is 15.0 Å². The summed E-state index contributed by atoms with van der Waals surface area (Å²) in [5.74, 6) is -1.07. The number of aliphatic hydroxyl groups excluding tert-OH is 2. The summed E-state index contributed by atoms with van der Waals surface area (Å²) in [5.41, 5.74) is 1.06. The third-order valence-electron chi connectivity index (χ3n) is 2.19. The Morgan fingerprint density at radius 1 is 1.07 bits per heavy atom. The van der Waals surface area contributed by atoms with Crippen LogP contribution in [0.5, 0.6) is 0 Å². The predicted molar refractivity (Wildman–Crippen MR) is 54.7 cm³/mol. The van der Waals surface area contributed by atoms with Crippen molar-refractivity contribution in [3.05, 3.63) is 34.9 Å². The first-order chi connectivity index (χ1) is 6.91. The van der Waals surface area contributed by atoms with Gasteiger partial charge >= 0.3 is 5.97 Å². The molecule has 0 heterocycles. The molecule has 15 heavy (non-hydrogen) atoms. The number of hydrogen-bond donors (Lipinski definition) is 3. The third-order valence-corrected chi connectivity index (χ3v) is 2.19. The quantitative estimate of drug-likeness (QED) is 0.706. The fraction of sp³-hybridized carbons (Fsp3) is 0.364. The zero-order chi connectivity index (χ0) is 11.6. The molecule has 0 bridgehead atoms. The molecule has 0 fully saturated rings. The first-order valence-corrected chi connectivity index (χ1v) is 4.66. The Labute approximate surface area is 87.8 Å². The largest absolute Gasteiger partial charge is 0.478 e. The SMILES string of the molecule is CC(O)c1cc(C(=O)O)cc(C(C)O)c1. The molecule has 1 aromatic carbocycles. The summed E-state index contributed by atoms with van der Waals surface area (Å²) < 4.78 is 0. The van der Waals surface area contributed by atoms with E-state index in [1.165, 1.54) is 12.1 Å². The van der Waals surface area contributed by atoms with Gasteiger partial charge in [0, 0.05) is 0 Å². The molecule has 0 aliphatic rings. The molecule has 1 aromatic rings. The maximum absolute atomic E-state index is 10.8. The fourth-order valence-electron chi connectivity index (χ4n) is 1.28. The molecule has 0 aliphatic heterocycles. The molecular weight excluding hydrogens is 196 g/mol. The van der Waals surface area contributed by atoms with E-state index in [0.29, 0.717) is 11.1 Å². The normalized spacial score (nSPS) is 14.7. The van der Waals surface area contributed by atoms with Gasteiger partial charge in [-0.2, -0.15) is 0 Å². The first-order valence-electron chi connectivity index (χ1n) is 4.66. The molecule has 4 nitrogen and oxygen atoms in total. The van der Waals surface area contributed by atoms with Gasteiger partial charge in [-0.15, -0.1) is 0 Å². The van der Waals surface area contributed by atoms with Crippen molar-refractivity contribution in [2.45, 2.75) is 26.1 Å². The minimum atomic E-state index is -1.07. The molecule has 2 atom stereocenters. The lowest BCUT2D eigenvalue weighted by atomic mass is 10.00. The van der Waals surface area contributed by atoms with E-state index >= 15 is 0 Å². The van der Waals surface area contributed by atoms with Gasteiger partial charge in [-0.3, -0.25) is 0 Å². The molecule has 3 N–H and O–H groups in total. The lowest BCUT2D eigenvalue weighted by Gasteiger charge is -2.11. The number of rotatable bonds is 3. The number of aliphatic hydroxyl groups is 2. The summed E-state index contributed by atoms with van der Waals surface area (Å²) in [4.78, 5) is 10.8. The summed E-state index contributed by atoms with van der Waals surface area (Å²) in [6, 6.07) is 4.40. The van der Waals surface area contributed by atoms with Gasteiger partial charge in [0.1, 0.15) is 0 Å². The van der Waals surface area contributed by atoms with E-state index in [1.807, 2.05) is 0 Å². The lowest BCUT2D eigenvalue weighted by molar-refractivity contribution is 0.0696. The molecule has 2 unspecified atom stereocenters. The highest BCUT2D eigenvalue weighted by molar-refractivity contribution is 5.88. The van der Waals surface area contributed by atoms with Gasteiger partial charge in [0.25, 0.3) is 0 Å². The van der Waals surface area contributed by atoms with E-state index in [1.54, 1.807) is 19.9 Å². The number of benzene rings is 1. The molecule has 0 aliphatic carbocycles. The zero-order valence-corrected chi connectivity index (χ0v) is 8.64. The van der Waals surface area contributed by atoms with Crippen molar-refractivity contribution in [2.75, 3.05) is 0 Å². The summed E-state index contributed by atoms with van der Waals surface area (Å²) in [7, 11) is 0. The van der Waals surface area contributed by atoms with Gasteiger partial charge in [-0.25, -0.2) is 4.79 Å². The molecule has 0 saturated carbocycles. The third kappa shape index (κ3) is 2.78. The summed E-state index contributed by atoms with van der Waals surface area (Å²) in [5, 5.41) is 27.6. The summed E-state index contributed by atoms with van der Waals surface area (Å²) in [6.07, 6.45) is -1.50. The minimum absolute atomic E-state index is 0.0734. The maximum atomic E-state index is 10.8. The van der Waals surface area contributed by atoms with Crippen molar-refractivity contribution in [2.24, 2.45) is 0 Å². The maximum Gasteiger partial charge on any atom is 0.335 e. The fourth-order valence-corrected chi connectivity index (χ4v) is 1.28. The van der Waals surface area contributed by atoms with Crippen LogP contribution >= 0.6 is 0 Å². The predicted octanol–water partition coefficient (Wildman–Crippen LogP) is 1.49. The Bertz CT molecular complexity index is 343. The second kappa shape index (κ2) is 4.42. The van der Waals surface area contributed by atoms with Gasteiger partial charge in [-0.05, 0) is 37.1 Å². The average Bonchev–Trinajstić information content (AvgIpc) is 2.16. The molecule has 0 spiro atoms. The first kappa shape index (κ1) is 11.7. The highest BCUT2D eigenvalue weighted by Crippen LogP contribution is 2.21. The zero-order valence-electron chi connectivity index (χ0n) is 8.64. The number of aromatic carboxylic acids is 1. The summed E-state index contributed by atoms with van der Waals surface area (Å²) >= 11 is 0. The topological polar surface area (TPSA) is 77.8 Å². The number of hydrogen-bond acceptors (Lipinski definition) is 3. The van der Waals surface area contributed by atoms with Gasteiger partial charge in [0.05, 0.1) is 17.8 Å². The van der Waals surface area contributed by atoms with E-state index in [2.05, 4.69) is 0 Å². The smallest absolute Gasteiger partial charge is 0.335 e. The monoisotopic (exact) mass is 210 g/mol. The molecule has 0 aromatic heterocycles. The van der Waals surface area contributed by atoms with Crippen LogP contribution in [0.25, 0.3) is 0 Å². The van der Waals surface area contributed by atoms with Crippen LogP contribution < -0.4 is 0 Å². The Morgan fingerprint density at radius 2 is 1.47 bits per heavy atom. The Kier molecular flexibility index (Phi) is 3.44. The van der Waals surface area contributed by atoms with Crippen LogP contribution in [0.2, 0.25) is 0 Å². The minimum Gasteiger partial charge on any atom is -0.478 e. The van der Waals surface area contributed by atoms with E-state index < -0.39 is 18.2 Å². The number of carboxylic acid groups (broad SMARTS) is 1. The van der Waals surface area contributed by atoms with Crippen molar-refractivity contribution in [3.63, 3.8) is 0 Å². The van der Waals surface area contributed by atoms with Crippen LogP contribution in [0, 0.1) is 0 Å². The van der Waals surface area contributed by atoms with Crippen molar-refractivity contribution in [3.8, 4) is 0 Å². The number of carboxylic acids is 1. The van der Waals surface area contributed by atoms with Crippen LogP contribution in [0.3, 0.4) is 0 Å².